The van der Waals surface area contributed by atoms with Crippen LogP contribution in [0.15, 0.2) is 77.7 Å². The highest BCUT2D eigenvalue weighted by atomic mass is 32.2. The van der Waals surface area contributed by atoms with E-state index in [0.717, 1.165) is 16.1 Å². The zero-order chi connectivity index (χ0) is 21.5. The molecular weight excluding hydrogens is 396 g/mol. The number of hydrogen-bond donors (Lipinski definition) is 2. The minimum Gasteiger partial charge on any atom is -0.497 e. The molecule has 0 heterocycles. The average Bonchev–Trinajstić information content (AvgIpc) is 2.75. The number of thioether (sulfide) groups is 1. The summed E-state index contributed by atoms with van der Waals surface area (Å²) in [5.74, 6) is 0.458. The van der Waals surface area contributed by atoms with Crippen molar-refractivity contribution in [1.82, 2.24) is 0 Å². The summed E-state index contributed by atoms with van der Waals surface area (Å²) in [6.07, 6.45) is 0. The van der Waals surface area contributed by atoms with Gasteiger partial charge in [-0.15, -0.1) is 11.8 Å². The summed E-state index contributed by atoms with van der Waals surface area (Å²) in [7, 11) is 1.59. The molecule has 0 bridgehead atoms. The van der Waals surface area contributed by atoms with E-state index < -0.39 is 0 Å². The molecule has 3 aromatic carbocycles. The number of rotatable bonds is 7. The van der Waals surface area contributed by atoms with Crippen LogP contribution in [-0.4, -0.2) is 24.2 Å². The van der Waals surface area contributed by atoms with Crippen molar-refractivity contribution < 1.29 is 14.3 Å². The zero-order valence-corrected chi connectivity index (χ0v) is 18.0. The van der Waals surface area contributed by atoms with Gasteiger partial charge in [-0.25, -0.2) is 0 Å². The minimum absolute atomic E-state index is 0.0533. The lowest BCUT2D eigenvalue weighted by molar-refractivity contribution is -0.115. The normalized spacial score (nSPS) is 11.4. The molecule has 2 N–H and O–H groups in total. The number of nitrogens with one attached hydrogen (secondary N) is 2. The average molecular weight is 421 g/mol. The fourth-order valence-electron chi connectivity index (χ4n) is 2.79. The lowest BCUT2D eigenvalue weighted by Crippen LogP contribution is -2.22. The molecule has 0 saturated heterocycles. The maximum atomic E-state index is 12.4. The van der Waals surface area contributed by atoms with Gasteiger partial charge in [-0.1, -0.05) is 12.1 Å². The maximum absolute atomic E-state index is 12.4. The van der Waals surface area contributed by atoms with Crippen LogP contribution in [0.4, 0.5) is 11.4 Å². The second-order valence-corrected chi connectivity index (χ2v) is 8.24. The van der Waals surface area contributed by atoms with Gasteiger partial charge < -0.3 is 15.4 Å². The zero-order valence-electron chi connectivity index (χ0n) is 17.1. The van der Waals surface area contributed by atoms with Gasteiger partial charge >= 0.3 is 0 Å². The van der Waals surface area contributed by atoms with Crippen molar-refractivity contribution in [2.24, 2.45) is 0 Å². The van der Waals surface area contributed by atoms with Gasteiger partial charge in [0.25, 0.3) is 5.91 Å². The Hall–Kier alpha value is -3.25. The van der Waals surface area contributed by atoms with E-state index >= 15 is 0 Å². The first kappa shape index (κ1) is 21.5. The number of ether oxygens (including phenoxy) is 1. The van der Waals surface area contributed by atoms with Crippen LogP contribution < -0.4 is 15.4 Å². The molecule has 154 valence electrons. The highest BCUT2D eigenvalue weighted by Gasteiger charge is 2.15. The number of methoxy groups -OCH3 is 1. The summed E-state index contributed by atoms with van der Waals surface area (Å²) in [5.41, 5.74) is 3.14. The monoisotopic (exact) mass is 420 g/mol. The van der Waals surface area contributed by atoms with Crippen molar-refractivity contribution in [3.63, 3.8) is 0 Å². The molecule has 2 amide bonds. The molecule has 0 spiro atoms. The fourth-order valence-corrected chi connectivity index (χ4v) is 3.65. The molecule has 3 aromatic rings. The number of carbonyl (C=O) groups is 2. The van der Waals surface area contributed by atoms with E-state index in [9.17, 15) is 9.59 Å². The van der Waals surface area contributed by atoms with Gasteiger partial charge in [-0.3, -0.25) is 9.59 Å². The van der Waals surface area contributed by atoms with Crippen molar-refractivity contribution in [1.29, 1.82) is 0 Å². The number of benzene rings is 3. The molecule has 0 aliphatic carbocycles. The summed E-state index contributed by atoms with van der Waals surface area (Å²) in [6.45, 7) is 3.86. The fraction of sp³-hybridized carbons (Fsp3) is 0.167. The first-order valence-corrected chi connectivity index (χ1v) is 10.4. The van der Waals surface area contributed by atoms with Gasteiger partial charge in [0.15, 0.2) is 0 Å². The van der Waals surface area contributed by atoms with Crippen molar-refractivity contribution >= 4 is 35.0 Å². The second kappa shape index (κ2) is 9.98. The van der Waals surface area contributed by atoms with Crippen LogP contribution in [0.2, 0.25) is 0 Å². The number of hydrogen-bond acceptors (Lipinski definition) is 4. The van der Waals surface area contributed by atoms with Crippen LogP contribution in [0, 0.1) is 6.92 Å². The molecule has 0 fully saturated rings. The van der Waals surface area contributed by atoms with Gasteiger partial charge in [0.2, 0.25) is 5.91 Å². The Balaban J connectivity index is 1.55. The Morgan fingerprint density at radius 2 is 1.60 bits per heavy atom. The van der Waals surface area contributed by atoms with E-state index in [1.165, 1.54) is 11.8 Å². The molecule has 6 heteroatoms. The van der Waals surface area contributed by atoms with E-state index in [2.05, 4.69) is 10.6 Å². The summed E-state index contributed by atoms with van der Waals surface area (Å²) in [4.78, 5) is 25.7. The van der Waals surface area contributed by atoms with Crippen LogP contribution in [0.1, 0.15) is 22.8 Å². The predicted octanol–water partition coefficient (Wildman–Crippen LogP) is 5.38. The Kier molecular flexibility index (Phi) is 7.14. The molecule has 1 atom stereocenters. The standard InChI is InChI=1S/C24H24N2O3S/c1-16-5-4-6-20(15-16)26-23(27)17(2)30-22-13-9-19(10-14-22)25-24(28)18-7-11-21(29-3)12-8-18/h4-15,17H,1-3H3,(H,25,28)(H,26,27). The van der Waals surface area contributed by atoms with E-state index in [1.807, 2.05) is 62.4 Å². The molecule has 1 unspecified atom stereocenters. The molecule has 0 saturated carbocycles. The minimum atomic E-state index is -0.259. The Morgan fingerprint density at radius 1 is 0.900 bits per heavy atom. The van der Waals surface area contributed by atoms with E-state index in [-0.39, 0.29) is 17.1 Å². The largest absolute Gasteiger partial charge is 0.497 e. The first-order chi connectivity index (χ1) is 14.4. The molecular formula is C24H24N2O3S. The van der Waals surface area contributed by atoms with Crippen molar-refractivity contribution in [2.45, 2.75) is 24.0 Å². The number of anilines is 2. The van der Waals surface area contributed by atoms with E-state index in [1.54, 1.807) is 31.4 Å². The highest BCUT2D eigenvalue weighted by Crippen LogP contribution is 2.26. The van der Waals surface area contributed by atoms with Gasteiger partial charge in [0, 0.05) is 21.8 Å². The number of amides is 2. The molecule has 5 nitrogen and oxygen atoms in total. The second-order valence-electron chi connectivity index (χ2n) is 6.83. The van der Waals surface area contributed by atoms with E-state index in [0.29, 0.717) is 17.0 Å². The number of carbonyl (C=O) groups excluding carboxylic acids is 2. The Labute approximate surface area is 180 Å². The summed E-state index contributed by atoms with van der Waals surface area (Å²) >= 11 is 1.46. The number of aryl methyl sites for hydroxylation is 1. The summed E-state index contributed by atoms with van der Waals surface area (Å²) < 4.78 is 5.10. The topological polar surface area (TPSA) is 67.4 Å². The smallest absolute Gasteiger partial charge is 0.255 e. The van der Waals surface area contributed by atoms with Crippen molar-refractivity contribution in [2.75, 3.05) is 17.7 Å². The summed E-state index contributed by atoms with van der Waals surface area (Å²) in [5, 5.41) is 5.55. The third-order valence-corrected chi connectivity index (χ3v) is 5.54. The molecule has 0 aliphatic heterocycles. The summed E-state index contributed by atoms with van der Waals surface area (Å²) in [6, 6.07) is 22.1. The Bertz CT molecular complexity index is 1020. The van der Waals surface area contributed by atoms with Gasteiger partial charge in [0.05, 0.1) is 12.4 Å². The van der Waals surface area contributed by atoms with Gasteiger partial charge in [-0.05, 0) is 80.1 Å². The van der Waals surface area contributed by atoms with Gasteiger partial charge in [-0.2, -0.15) is 0 Å². The third-order valence-electron chi connectivity index (χ3n) is 4.43. The quantitative estimate of drug-likeness (QED) is 0.504. The van der Waals surface area contributed by atoms with Crippen molar-refractivity contribution in [3.05, 3.63) is 83.9 Å². The SMILES string of the molecule is COc1ccc(C(=O)Nc2ccc(SC(C)C(=O)Nc3cccc(C)c3)cc2)cc1. The lowest BCUT2D eigenvalue weighted by Gasteiger charge is -2.13. The molecule has 3 rings (SSSR count). The molecule has 0 radical (unpaired) electrons. The molecule has 0 aliphatic rings. The van der Waals surface area contributed by atoms with E-state index in [4.69, 9.17) is 4.74 Å². The van der Waals surface area contributed by atoms with Crippen molar-refractivity contribution in [3.8, 4) is 5.75 Å². The van der Waals surface area contributed by atoms with Crippen LogP contribution in [0.5, 0.6) is 5.75 Å². The molecule has 0 aromatic heterocycles. The predicted molar refractivity (Wildman–Crippen MR) is 123 cm³/mol. The molecule has 30 heavy (non-hydrogen) atoms. The maximum Gasteiger partial charge on any atom is 0.255 e. The van der Waals surface area contributed by atoms with Crippen LogP contribution in [0.25, 0.3) is 0 Å². The van der Waals surface area contributed by atoms with Crippen LogP contribution in [0.3, 0.4) is 0 Å². The first-order valence-electron chi connectivity index (χ1n) is 9.54. The van der Waals surface area contributed by atoms with Crippen LogP contribution in [-0.2, 0) is 4.79 Å². The van der Waals surface area contributed by atoms with Crippen LogP contribution >= 0.6 is 11.8 Å². The lowest BCUT2D eigenvalue weighted by atomic mass is 10.2. The van der Waals surface area contributed by atoms with Gasteiger partial charge in [0.1, 0.15) is 5.75 Å². The Morgan fingerprint density at radius 3 is 2.23 bits per heavy atom. The third kappa shape index (κ3) is 5.87. The highest BCUT2D eigenvalue weighted by molar-refractivity contribution is 8.00.